The fourth-order valence-corrected chi connectivity index (χ4v) is 5.88. The summed E-state index contributed by atoms with van der Waals surface area (Å²) >= 11 is 0. The maximum absolute atomic E-state index is 13.1. The second kappa shape index (κ2) is 6.62. The molecule has 0 saturated heterocycles. The first-order valence-corrected chi connectivity index (χ1v) is 9.66. The van der Waals surface area contributed by atoms with Gasteiger partial charge in [-0.25, -0.2) is 0 Å². The number of hydrogen-bond donors (Lipinski definition) is 1. The fourth-order valence-electron chi connectivity index (χ4n) is 4.03. The molecule has 2 N–H and O–H groups in total. The molecule has 0 aromatic heterocycles. The molecule has 2 aliphatic rings. The highest BCUT2D eigenvalue weighted by atomic mass is 32.2. The van der Waals surface area contributed by atoms with Gasteiger partial charge in [0, 0.05) is 10.1 Å². The van der Waals surface area contributed by atoms with Gasteiger partial charge in [0.25, 0.3) is 0 Å². The Labute approximate surface area is 131 Å². The van der Waals surface area contributed by atoms with Crippen LogP contribution >= 0.6 is 0 Å². The second-order valence-corrected chi connectivity index (χ2v) is 8.37. The average Bonchev–Trinajstić information content (AvgIpc) is 3.01. The van der Waals surface area contributed by atoms with E-state index in [1.807, 2.05) is 0 Å². The molecule has 0 spiro atoms. The third kappa shape index (κ3) is 3.09. The first-order valence-electron chi connectivity index (χ1n) is 8.45. The molecular formula is C18H27NOS. The molecule has 1 fully saturated rings. The lowest BCUT2D eigenvalue weighted by atomic mass is 9.80. The molecule has 3 heteroatoms. The summed E-state index contributed by atoms with van der Waals surface area (Å²) in [5, 5.41) is 0.258. The van der Waals surface area contributed by atoms with Crippen LogP contribution in [0.5, 0.6) is 0 Å². The first-order chi connectivity index (χ1) is 10.2. The SMILES string of the molecule is CCC1CCC(CN)C(S(=O)c2ccc3c(c2)CCC3)C1. The Morgan fingerprint density at radius 3 is 2.81 bits per heavy atom. The summed E-state index contributed by atoms with van der Waals surface area (Å²) in [6.07, 6.45) is 8.29. The summed E-state index contributed by atoms with van der Waals surface area (Å²) in [6, 6.07) is 6.51. The minimum Gasteiger partial charge on any atom is -0.330 e. The Morgan fingerprint density at radius 2 is 2.05 bits per heavy atom. The molecule has 2 aliphatic carbocycles. The highest BCUT2D eigenvalue weighted by molar-refractivity contribution is 7.85. The van der Waals surface area contributed by atoms with Crippen LogP contribution in [-0.2, 0) is 23.6 Å². The van der Waals surface area contributed by atoms with Crippen molar-refractivity contribution in [3.8, 4) is 0 Å². The van der Waals surface area contributed by atoms with E-state index in [1.165, 1.54) is 36.8 Å². The molecule has 116 valence electrons. The van der Waals surface area contributed by atoms with E-state index in [0.717, 1.165) is 30.1 Å². The molecular weight excluding hydrogens is 278 g/mol. The van der Waals surface area contributed by atoms with Crippen molar-refractivity contribution in [3.05, 3.63) is 29.3 Å². The van der Waals surface area contributed by atoms with E-state index in [4.69, 9.17) is 5.73 Å². The lowest BCUT2D eigenvalue weighted by molar-refractivity contribution is 0.280. The zero-order chi connectivity index (χ0) is 14.8. The first kappa shape index (κ1) is 15.2. The van der Waals surface area contributed by atoms with Gasteiger partial charge in [0.1, 0.15) is 0 Å². The Hall–Kier alpha value is -0.670. The number of benzene rings is 1. The summed E-state index contributed by atoms with van der Waals surface area (Å²) in [6.45, 7) is 2.93. The van der Waals surface area contributed by atoms with Gasteiger partial charge < -0.3 is 5.73 Å². The van der Waals surface area contributed by atoms with Crippen LogP contribution < -0.4 is 5.73 Å². The van der Waals surface area contributed by atoms with Crippen molar-refractivity contribution in [2.75, 3.05) is 6.54 Å². The van der Waals surface area contributed by atoms with Crippen LogP contribution in [0.3, 0.4) is 0 Å². The topological polar surface area (TPSA) is 43.1 Å². The van der Waals surface area contributed by atoms with E-state index in [-0.39, 0.29) is 5.25 Å². The van der Waals surface area contributed by atoms with Gasteiger partial charge in [-0.15, -0.1) is 0 Å². The van der Waals surface area contributed by atoms with Crippen LogP contribution in [0.4, 0.5) is 0 Å². The number of fused-ring (bicyclic) bond motifs is 1. The standard InChI is InChI=1S/C18H27NOS/c1-2-13-6-7-16(12-19)18(10-13)21(20)17-9-8-14-4-3-5-15(14)11-17/h8-9,11,13,16,18H,2-7,10,12,19H2,1H3. The van der Waals surface area contributed by atoms with Gasteiger partial charge in [-0.2, -0.15) is 0 Å². The van der Waals surface area contributed by atoms with E-state index < -0.39 is 10.8 Å². The number of nitrogens with two attached hydrogens (primary N) is 1. The van der Waals surface area contributed by atoms with E-state index in [1.54, 1.807) is 0 Å². The quantitative estimate of drug-likeness (QED) is 0.926. The Bertz CT molecular complexity index is 528. The van der Waals surface area contributed by atoms with E-state index >= 15 is 0 Å². The van der Waals surface area contributed by atoms with Crippen LogP contribution in [-0.4, -0.2) is 16.0 Å². The summed E-state index contributed by atoms with van der Waals surface area (Å²) in [4.78, 5) is 1.04. The summed E-state index contributed by atoms with van der Waals surface area (Å²) in [5.74, 6) is 1.16. The smallest absolute Gasteiger partial charge is 0.0564 e. The lowest BCUT2D eigenvalue weighted by Crippen LogP contribution is -2.37. The summed E-state index contributed by atoms with van der Waals surface area (Å²) in [5.41, 5.74) is 8.84. The van der Waals surface area contributed by atoms with Crippen LogP contribution in [0.1, 0.15) is 50.2 Å². The molecule has 1 aromatic carbocycles. The third-order valence-corrected chi connectivity index (χ3v) is 7.34. The monoisotopic (exact) mass is 305 g/mol. The highest BCUT2D eigenvalue weighted by Gasteiger charge is 2.33. The molecule has 4 unspecified atom stereocenters. The van der Waals surface area contributed by atoms with Crippen molar-refractivity contribution < 1.29 is 4.21 Å². The van der Waals surface area contributed by atoms with E-state index in [2.05, 4.69) is 25.1 Å². The zero-order valence-corrected chi connectivity index (χ0v) is 13.8. The molecule has 1 aromatic rings. The number of hydrogen-bond acceptors (Lipinski definition) is 2. The normalized spacial score (nSPS) is 30.1. The molecule has 0 amide bonds. The van der Waals surface area contributed by atoms with Crippen molar-refractivity contribution in [2.24, 2.45) is 17.6 Å². The zero-order valence-electron chi connectivity index (χ0n) is 13.0. The maximum atomic E-state index is 13.1. The van der Waals surface area contributed by atoms with Gasteiger partial charge >= 0.3 is 0 Å². The molecule has 0 bridgehead atoms. The summed E-state index contributed by atoms with van der Waals surface area (Å²) in [7, 11) is -0.894. The van der Waals surface area contributed by atoms with Crippen LogP contribution in [0, 0.1) is 11.8 Å². The van der Waals surface area contributed by atoms with Gasteiger partial charge in [-0.1, -0.05) is 25.8 Å². The van der Waals surface area contributed by atoms with Crippen molar-refractivity contribution >= 4 is 10.8 Å². The molecule has 3 rings (SSSR count). The minimum atomic E-state index is -0.894. The number of aryl methyl sites for hydroxylation is 2. The van der Waals surface area contributed by atoms with Crippen molar-refractivity contribution in [1.29, 1.82) is 0 Å². The molecule has 1 saturated carbocycles. The largest absolute Gasteiger partial charge is 0.330 e. The summed E-state index contributed by atoms with van der Waals surface area (Å²) < 4.78 is 13.1. The lowest BCUT2D eigenvalue weighted by Gasteiger charge is -2.34. The fraction of sp³-hybridized carbons (Fsp3) is 0.667. The van der Waals surface area contributed by atoms with Crippen molar-refractivity contribution in [2.45, 2.75) is 62.0 Å². The van der Waals surface area contributed by atoms with Gasteiger partial charge in [-0.3, -0.25) is 4.21 Å². The van der Waals surface area contributed by atoms with Gasteiger partial charge in [0.05, 0.1) is 10.8 Å². The Balaban J connectivity index is 1.82. The van der Waals surface area contributed by atoms with Gasteiger partial charge in [0.15, 0.2) is 0 Å². The molecule has 0 aliphatic heterocycles. The van der Waals surface area contributed by atoms with Crippen LogP contribution in [0.25, 0.3) is 0 Å². The molecule has 21 heavy (non-hydrogen) atoms. The Kier molecular flexibility index (Phi) is 4.80. The second-order valence-electron chi connectivity index (χ2n) is 6.70. The Morgan fingerprint density at radius 1 is 1.24 bits per heavy atom. The van der Waals surface area contributed by atoms with Gasteiger partial charge in [-0.05, 0) is 73.7 Å². The van der Waals surface area contributed by atoms with E-state index in [9.17, 15) is 4.21 Å². The average molecular weight is 305 g/mol. The molecule has 0 heterocycles. The highest BCUT2D eigenvalue weighted by Crippen LogP contribution is 2.36. The maximum Gasteiger partial charge on any atom is 0.0564 e. The van der Waals surface area contributed by atoms with Gasteiger partial charge in [0.2, 0.25) is 0 Å². The number of rotatable bonds is 4. The predicted molar refractivity (Wildman–Crippen MR) is 88.8 cm³/mol. The van der Waals surface area contributed by atoms with Crippen LogP contribution in [0.2, 0.25) is 0 Å². The third-order valence-electron chi connectivity index (χ3n) is 5.49. The molecule has 4 atom stereocenters. The van der Waals surface area contributed by atoms with Crippen molar-refractivity contribution in [1.82, 2.24) is 0 Å². The predicted octanol–water partition coefficient (Wildman–Crippen LogP) is 3.44. The minimum absolute atomic E-state index is 0.258. The van der Waals surface area contributed by atoms with E-state index in [0.29, 0.717) is 12.5 Å². The molecule has 2 nitrogen and oxygen atoms in total. The van der Waals surface area contributed by atoms with Crippen molar-refractivity contribution in [3.63, 3.8) is 0 Å². The van der Waals surface area contributed by atoms with Crippen LogP contribution in [0.15, 0.2) is 23.1 Å². The molecule has 0 radical (unpaired) electrons.